The molecule has 0 saturated heterocycles. The molecule has 0 radical (unpaired) electrons. The maximum atomic E-state index is 10.8. The molecule has 0 aromatic heterocycles. The van der Waals surface area contributed by atoms with E-state index in [0.717, 1.165) is 62.9 Å². The average molecular weight is 903 g/mol. The highest BCUT2D eigenvalue weighted by Gasteiger charge is 2.27. The zero-order chi connectivity index (χ0) is 49.8. The van der Waals surface area contributed by atoms with Crippen LogP contribution in [0, 0.1) is 13.8 Å². The molecule has 3 rings (SSSR count). The minimum atomic E-state index is -0.798. The van der Waals surface area contributed by atoms with Gasteiger partial charge in [0, 0.05) is 19.3 Å². The number of phenolic OH excluding ortho intramolecular Hbond substituents is 3. The third-order valence-corrected chi connectivity index (χ3v) is 12.1. The first-order valence-electron chi connectivity index (χ1n) is 25.0. The summed E-state index contributed by atoms with van der Waals surface area (Å²) in [6.07, 6.45) is 21.3. The summed E-state index contributed by atoms with van der Waals surface area (Å²) >= 11 is 0. The van der Waals surface area contributed by atoms with E-state index in [1.165, 1.54) is 83.5 Å². The highest BCUT2D eigenvalue weighted by atomic mass is 16.4. The first-order chi connectivity index (χ1) is 30.0. The standard InChI is InChI=1S/C23H32O2.C18H36O2.C17H26O3/c1-14-9-16(20(24)18(11-14)22(3,4)5)13-17-10-15(2)12-19(21(17)25)23(6,7)8;1-2-3-4-5-6-7-8-9-10-11-12-13-14-15-16-17-18(19)20;1-16(2,3)12-9-11(7-8-14(18)19)10-13(15(12)20)17(4,5)6/h9-12,24-25H,13H2,1-8H3;2-17H2,1H3,(H,19,20);9-10,20H,7-8H2,1-6H3,(H,18,19). The molecule has 0 unspecified atom stereocenters. The normalized spacial score (nSPS) is 12.0. The van der Waals surface area contributed by atoms with Crippen LogP contribution >= 0.6 is 0 Å². The van der Waals surface area contributed by atoms with E-state index in [-0.39, 0.29) is 28.1 Å². The van der Waals surface area contributed by atoms with Gasteiger partial charge in [-0.05, 0) is 87.3 Å². The summed E-state index contributed by atoms with van der Waals surface area (Å²) in [4.78, 5) is 21.1. The average Bonchev–Trinajstić information content (AvgIpc) is 3.17. The highest BCUT2D eigenvalue weighted by Crippen LogP contribution is 2.41. The molecule has 7 heteroatoms. The van der Waals surface area contributed by atoms with E-state index in [1.54, 1.807) is 0 Å². The van der Waals surface area contributed by atoms with Crippen LogP contribution in [-0.4, -0.2) is 37.5 Å². The zero-order valence-electron chi connectivity index (χ0n) is 44.0. The monoisotopic (exact) mass is 903 g/mol. The van der Waals surface area contributed by atoms with Crippen LogP contribution in [0.5, 0.6) is 17.2 Å². The second-order valence-corrected chi connectivity index (χ2v) is 22.8. The van der Waals surface area contributed by atoms with Crippen molar-refractivity contribution in [3.05, 3.63) is 86.5 Å². The lowest BCUT2D eigenvalue weighted by atomic mass is 9.78. The quantitative estimate of drug-likeness (QED) is 0.0672. The van der Waals surface area contributed by atoms with Crippen molar-refractivity contribution in [2.24, 2.45) is 0 Å². The van der Waals surface area contributed by atoms with Crippen molar-refractivity contribution < 1.29 is 35.1 Å². The summed E-state index contributed by atoms with van der Waals surface area (Å²) in [6.45, 7) is 31.3. The van der Waals surface area contributed by atoms with Crippen LogP contribution in [0.25, 0.3) is 0 Å². The van der Waals surface area contributed by atoms with Crippen molar-refractivity contribution >= 4 is 11.9 Å². The number of benzene rings is 3. The van der Waals surface area contributed by atoms with Crippen LogP contribution in [0.2, 0.25) is 0 Å². The van der Waals surface area contributed by atoms with Gasteiger partial charge in [0.15, 0.2) is 0 Å². The Morgan fingerprint density at radius 1 is 0.415 bits per heavy atom. The Balaban J connectivity index is 0.000000493. The summed E-state index contributed by atoms with van der Waals surface area (Å²) in [5, 5.41) is 49.5. The molecule has 0 spiro atoms. The highest BCUT2D eigenvalue weighted by molar-refractivity contribution is 5.67. The Bertz CT molecular complexity index is 1790. The fraction of sp³-hybridized carbons (Fsp3) is 0.655. The molecule has 0 heterocycles. The van der Waals surface area contributed by atoms with E-state index in [1.807, 2.05) is 24.3 Å². The van der Waals surface area contributed by atoms with Gasteiger partial charge in [0.25, 0.3) is 0 Å². The zero-order valence-corrected chi connectivity index (χ0v) is 44.0. The summed E-state index contributed by atoms with van der Waals surface area (Å²) in [7, 11) is 0. The largest absolute Gasteiger partial charge is 0.507 e. The molecule has 7 nitrogen and oxygen atoms in total. The summed E-state index contributed by atoms with van der Waals surface area (Å²) in [5.41, 5.74) is 8.00. The fourth-order valence-corrected chi connectivity index (χ4v) is 8.21. The smallest absolute Gasteiger partial charge is 0.303 e. The third-order valence-electron chi connectivity index (χ3n) is 12.1. The van der Waals surface area contributed by atoms with Gasteiger partial charge in [-0.1, -0.05) is 227 Å². The van der Waals surface area contributed by atoms with Crippen molar-refractivity contribution in [1.82, 2.24) is 0 Å². The third kappa shape index (κ3) is 22.8. The van der Waals surface area contributed by atoms with E-state index in [4.69, 9.17) is 10.2 Å². The van der Waals surface area contributed by atoms with Gasteiger partial charge in [-0.3, -0.25) is 9.59 Å². The van der Waals surface area contributed by atoms with Crippen molar-refractivity contribution in [2.75, 3.05) is 0 Å². The van der Waals surface area contributed by atoms with Crippen molar-refractivity contribution in [3.63, 3.8) is 0 Å². The molecular weight excluding hydrogens is 809 g/mol. The molecule has 5 N–H and O–H groups in total. The van der Waals surface area contributed by atoms with E-state index >= 15 is 0 Å². The van der Waals surface area contributed by atoms with Crippen molar-refractivity contribution in [1.29, 1.82) is 0 Å². The van der Waals surface area contributed by atoms with Gasteiger partial charge >= 0.3 is 11.9 Å². The molecule has 3 aromatic rings. The molecule has 3 aromatic carbocycles. The van der Waals surface area contributed by atoms with Crippen LogP contribution in [-0.2, 0) is 44.1 Å². The Morgan fingerprint density at radius 2 is 0.708 bits per heavy atom. The first kappa shape index (κ1) is 59.0. The van der Waals surface area contributed by atoms with E-state index < -0.39 is 11.9 Å². The Morgan fingerprint density at radius 3 is 1.00 bits per heavy atom. The number of carboxylic acids is 2. The lowest BCUT2D eigenvalue weighted by Crippen LogP contribution is -2.18. The van der Waals surface area contributed by atoms with E-state index in [0.29, 0.717) is 36.5 Å². The SMILES string of the molecule is CC(C)(C)c1cc(CCC(=O)O)cc(C(C)(C)C)c1O.CCCCCCCCCCCCCCCCCC(=O)O.Cc1cc(Cc2cc(C)cc(C(C)(C)C)c2O)c(O)c(C(C)(C)C)c1. The summed E-state index contributed by atoms with van der Waals surface area (Å²) in [6, 6.07) is 12.0. The van der Waals surface area contributed by atoms with Gasteiger partial charge < -0.3 is 25.5 Å². The Labute approximate surface area is 396 Å². The molecule has 0 aliphatic carbocycles. The maximum absolute atomic E-state index is 10.8. The first-order valence-corrected chi connectivity index (χ1v) is 25.0. The van der Waals surface area contributed by atoms with Gasteiger partial charge in [-0.25, -0.2) is 0 Å². The molecule has 0 fully saturated rings. The molecule has 368 valence electrons. The summed E-state index contributed by atoms with van der Waals surface area (Å²) < 4.78 is 0. The Hall–Kier alpha value is -4.00. The number of carboxylic acid groups (broad SMARTS) is 2. The number of aliphatic carboxylic acids is 2. The molecule has 0 saturated carbocycles. The fourth-order valence-electron chi connectivity index (χ4n) is 8.21. The topological polar surface area (TPSA) is 135 Å². The van der Waals surface area contributed by atoms with Gasteiger partial charge in [-0.15, -0.1) is 0 Å². The molecule has 0 aliphatic heterocycles. The molecule has 0 atom stereocenters. The number of phenols is 3. The number of carbonyl (C=O) groups is 2. The Kier molecular flexibility index (Phi) is 25.1. The predicted molar refractivity (Wildman–Crippen MR) is 275 cm³/mol. The van der Waals surface area contributed by atoms with E-state index in [9.17, 15) is 24.9 Å². The molecule has 0 bridgehead atoms. The van der Waals surface area contributed by atoms with Crippen LogP contribution in [0.4, 0.5) is 0 Å². The lowest BCUT2D eigenvalue weighted by Gasteiger charge is -2.28. The molecular formula is C58H94O7. The predicted octanol–water partition coefficient (Wildman–Crippen LogP) is 16.2. The lowest BCUT2D eigenvalue weighted by molar-refractivity contribution is -0.138. The maximum Gasteiger partial charge on any atom is 0.303 e. The van der Waals surface area contributed by atoms with Gasteiger partial charge in [0.05, 0.1) is 0 Å². The number of hydrogen-bond donors (Lipinski definition) is 5. The van der Waals surface area contributed by atoms with Gasteiger partial charge in [0.1, 0.15) is 17.2 Å². The molecule has 0 aliphatic rings. The summed E-state index contributed by atoms with van der Waals surface area (Å²) in [5.74, 6) is -0.427. The second-order valence-electron chi connectivity index (χ2n) is 22.8. The van der Waals surface area contributed by atoms with Crippen molar-refractivity contribution in [3.8, 4) is 17.2 Å². The number of unbranched alkanes of at least 4 members (excludes halogenated alkanes) is 14. The van der Waals surface area contributed by atoms with Gasteiger partial charge in [0.2, 0.25) is 0 Å². The number of aromatic hydroxyl groups is 3. The number of rotatable bonds is 21. The van der Waals surface area contributed by atoms with Crippen LogP contribution in [0.3, 0.4) is 0 Å². The molecule has 65 heavy (non-hydrogen) atoms. The van der Waals surface area contributed by atoms with Crippen molar-refractivity contribution in [2.45, 2.75) is 248 Å². The van der Waals surface area contributed by atoms with Crippen LogP contribution in [0.15, 0.2) is 36.4 Å². The number of aryl methyl sites for hydroxylation is 3. The second kappa shape index (κ2) is 27.6. The van der Waals surface area contributed by atoms with Gasteiger partial charge in [-0.2, -0.15) is 0 Å². The van der Waals surface area contributed by atoms with Crippen LogP contribution < -0.4 is 0 Å². The minimum absolute atomic E-state index is 0.109. The number of hydrogen-bond acceptors (Lipinski definition) is 5. The van der Waals surface area contributed by atoms with Crippen LogP contribution in [0.1, 0.15) is 249 Å². The minimum Gasteiger partial charge on any atom is -0.507 e. The molecule has 0 amide bonds. The van der Waals surface area contributed by atoms with E-state index in [2.05, 4.69) is 116 Å².